The second kappa shape index (κ2) is 2.92. The summed E-state index contributed by atoms with van der Waals surface area (Å²) in [7, 11) is 0. The van der Waals surface area contributed by atoms with Crippen molar-refractivity contribution in [1.29, 1.82) is 0 Å². The van der Waals surface area contributed by atoms with E-state index in [-0.39, 0.29) is 12.3 Å². The van der Waals surface area contributed by atoms with E-state index in [0.29, 0.717) is 0 Å². The van der Waals surface area contributed by atoms with Crippen LogP contribution >= 0.6 is 11.8 Å². The van der Waals surface area contributed by atoms with Gasteiger partial charge in [-0.25, -0.2) is 0 Å². The van der Waals surface area contributed by atoms with E-state index in [9.17, 15) is 4.79 Å². The number of hydrogen-bond donors (Lipinski definition) is 1. The molecule has 1 aliphatic rings. The van der Waals surface area contributed by atoms with Gasteiger partial charge in [-0.15, -0.1) is 11.8 Å². The third kappa shape index (κ3) is 2.10. The van der Waals surface area contributed by atoms with Crippen molar-refractivity contribution in [2.45, 2.75) is 6.42 Å². The highest BCUT2D eigenvalue weighted by Crippen LogP contribution is 2.22. The standard InChI is InChI=1S/C6H8O2S/c7-6(8)3-5-1-2-9-4-5/h1-2,5H,3-4H2,(H,7,8). The lowest BCUT2D eigenvalue weighted by Gasteiger charge is -1.99. The highest BCUT2D eigenvalue weighted by molar-refractivity contribution is 8.02. The van der Waals surface area contributed by atoms with Gasteiger partial charge in [-0.3, -0.25) is 4.79 Å². The van der Waals surface area contributed by atoms with Gasteiger partial charge in [-0.1, -0.05) is 6.08 Å². The maximum absolute atomic E-state index is 10.1. The van der Waals surface area contributed by atoms with Crippen molar-refractivity contribution >= 4 is 17.7 Å². The molecule has 0 fully saturated rings. The molecule has 0 radical (unpaired) electrons. The topological polar surface area (TPSA) is 37.3 Å². The van der Waals surface area contributed by atoms with Crippen LogP contribution in [0.4, 0.5) is 0 Å². The first-order valence-electron chi connectivity index (χ1n) is 2.79. The summed E-state index contributed by atoms with van der Waals surface area (Å²) in [5.41, 5.74) is 0. The first-order valence-corrected chi connectivity index (χ1v) is 3.84. The summed E-state index contributed by atoms with van der Waals surface area (Å²) in [5.74, 6) is 0.506. The number of carboxylic acids is 1. The Morgan fingerprint density at radius 2 is 2.67 bits per heavy atom. The molecule has 0 amide bonds. The predicted molar refractivity (Wildman–Crippen MR) is 37.3 cm³/mol. The molecule has 0 aromatic carbocycles. The minimum atomic E-state index is -0.702. The molecular formula is C6H8O2S. The molecule has 0 bridgehead atoms. The van der Waals surface area contributed by atoms with Crippen LogP contribution in [0.15, 0.2) is 11.5 Å². The summed E-state index contributed by atoms with van der Waals surface area (Å²) >= 11 is 1.68. The summed E-state index contributed by atoms with van der Waals surface area (Å²) in [6, 6.07) is 0. The van der Waals surface area contributed by atoms with E-state index >= 15 is 0 Å². The van der Waals surface area contributed by atoms with Crippen LogP contribution in [0.2, 0.25) is 0 Å². The smallest absolute Gasteiger partial charge is 0.303 e. The maximum atomic E-state index is 10.1. The van der Waals surface area contributed by atoms with Crippen molar-refractivity contribution in [3.63, 3.8) is 0 Å². The quantitative estimate of drug-likeness (QED) is 0.635. The van der Waals surface area contributed by atoms with Gasteiger partial charge in [-0.05, 0) is 11.3 Å². The molecule has 1 atom stereocenters. The van der Waals surface area contributed by atoms with Crippen molar-refractivity contribution in [2.75, 3.05) is 5.75 Å². The third-order valence-corrected chi connectivity index (χ3v) is 2.16. The van der Waals surface area contributed by atoms with Crippen LogP contribution < -0.4 is 0 Å². The van der Waals surface area contributed by atoms with Crippen LogP contribution in [0.25, 0.3) is 0 Å². The largest absolute Gasteiger partial charge is 0.481 e. The first-order chi connectivity index (χ1) is 4.29. The Balaban J connectivity index is 2.28. The fraction of sp³-hybridized carbons (Fsp3) is 0.500. The molecule has 0 spiro atoms. The minimum absolute atomic E-state index is 0.271. The second-order valence-corrected chi connectivity index (χ2v) is 2.96. The maximum Gasteiger partial charge on any atom is 0.303 e. The highest BCUT2D eigenvalue weighted by atomic mass is 32.2. The zero-order valence-electron chi connectivity index (χ0n) is 4.91. The van der Waals surface area contributed by atoms with E-state index in [1.54, 1.807) is 11.8 Å². The number of carboxylic acid groups (broad SMARTS) is 1. The van der Waals surface area contributed by atoms with Gasteiger partial charge in [0, 0.05) is 5.75 Å². The van der Waals surface area contributed by atoms with Crippen molar-refractivity contribution < 1.29 is 9.90 Å². The molecule has 0 saturated carbocycles. The van der Waals surface area contributed by atoms with E-state index in [1.165, 1.54) is 0 Å². The van der Waals surface area contributed by atoms with Gasteiger partial charge < -0.3 is 5.11 Å². The number of rotatable bonds is 2. The fourth-order valence-electron chi connectivity index (χ4n) is 0.753. The average Bonchev–Trinajstić information content (AvgIpc) is 2.15. The molecular weight excluding hydrogens is 136 g/mol. The van der Waals surface area contributed by atoms with Crippen molar-refractivity contribution in [3.8, 4) is 0 Å². The summed E-state index contributed by atoms with van der Waals surface area (Å²) in [6.07, 6.45) is 2.24. The lowest BCUT2D eigenvalue weighted by Crippen LogP contribution is -2.04. The SMILES string of the molecule is O=C(O)CC1C=CSC1. The van der Waals surface area contributed by atoms with Gasteiger partial charge in [-0.2, -0.15) is 0 Å². The van der Waals surface area contributed by atoms with Crippen LogP contribution in [-0.2, 0) is 4.79 Å². The lowest BCUT2D eigenvalue weighted by molar-refractivity contribution is -0.137. The Hall–Kier alpha value is -0.440. The number of thioether (sulfide) groups is 1. The Kier molecular flexibility index (Phi) is 2.16. The molecule has 0 aromatic heterocycles. The van der Waals surface area contributed by atoms with E-state index in [0.717, 1.165) is 5.75 Å². The third-order valence-electron chi connectivity index (χ3n) is 1.19. The highest BCUT2D eigenvalue weighted by Gasteiger charge is 2.12. The molecule has 0 saturated heterocycles. The lowest BCUT2D eigenvalue weighted by atomic mass is 10.1. The molecule has 1 rings (SSSR count). The van der Waals surface area contributed by atoms with Crippen molar-refractivity contribution in [3.05, 3.63) is 11.5 Å². The van der Waals surface area contributed by atoms with Crippen LogP contribution in [-0.4, -0.2) is 16.8 Å². The zero-order chi connectivity index (χ0) is 6.69. The summed E-state index contributed by atoms with van der Waals surface area (Å²) < 4.78 is 0. The Bertz CT molecular complexity index is 142. The van der Waals surface area contributed by atoms with Crippen LogP contribution in [0.3, 0.4) is 0 Å². The van der Waals surface area contributed by atoms with Crippen LogP contribution in [0.1, 0.15) is 6.42 Å². The van der Waals surface area contributed by atoms with Gasteiger partial charge in [0.2, 0.25) is 0 Å². The van der Waals surface area contributed by atoms with Crippen molar-refractivity contribution in [2.24, 2.45) is 5.92 Å². The Labute approximate surface area is 57.9 Å². The Morgan fingerprint density at radius 1 is 1.89 bits per heavy atom. The van der Waals surface area contributed by atoms with E-state index < -0.39 is 5.97 Å². The Morgan fingerprint density at radius 3 is 3.11 bits per heavy atom. The molecule has 9 heavy (non-hydrogen) atoms. The monoisotopic (exact) mass is 144 g/mol. The molecule has 1 unspecified atom stereocenters. The van der Waals surface area contributed by atoms with Gasteiger partial charge in [0.05, 0.1) is 6.42 Å². The van der Waals surface area contributed by atoms with Crippen molar-refractivity contribution in [1.82, 2.24) is 0 Å². The van der Waals surface area contributed by atoms with E-state index in [4.69, 9.17) is 5.11 Å². The molecule has 1 aliphatic heterocycles. The van der Waals surface area contributed by atoms with Crippen LogP contribution in [0.5, 0.6) is 0 Å². The average molecular weight is 144 g/mol. The summed E-state index contributed by atoms with van der Waals surface area (Å²) in [5, 5.41) is 10.3. The van der Waals surface area contributed by atoms with E-state index in [1.807, 2.05) is 11.5 Å². The van der Waals surface area contributed by atoms with Gasteiger partial charge >= 0.3 is 5.97 Å². The molecule has 0 aliphatic carbocycles. The molecule has 1 heterocycles. The van der Waals surface area contributed by atoms with Gasteiger partial charge in [0.15, 0.2) is 0 Å². The number of allylic oxidation sites excluding steroid dienone is 1. The minimum Gasteiger partial charge on any atom is -0.481 e. The molecule has 50 valence electrons. The summed E-state index contributed by atoms with van der Waals surface area (Å²) in [6.45, 7) is 0. The molecule has 1 N–H and O–H groups in total. The molecule has 3 heteroatoms. The fourth-order valence-corrected chi connectivity index (χ4v) is 1.67. The predicted octanol–water partition coefficient (Wildman–Crippen LogP) is 1.34. The number of hydrogen-bond acceptors (Lipinski definition) is 2. The second-order valence-electron chi connectivity index (χ2n) is 2.02. The van der Waals surface area contributed by atoms with Gasteiger partial charge in [0.25, 0.3) is 0 Å². The number of carbonyl (C=O) groups is 1. The van der Waals surface area contributed by atoms with Gasteiger partial charge in [0.1, 0.15) is 0 Å². The molecule has 0 aromatic rings. The zero-order valence-corrected chi connectivity index (χ0v) is 5.73. The molecule has 2 nitrogen and oxygen atoms in total. The first kappa shape index (κ1) is 6.68. The normalized spacial score (nSPS) is 24.7. The summed E-state index contributed by atoms with van der Waals surface area (Å²) in [4.78, 5) is 10.1. The number of aliphatic carboxylic acids is 1. The van der Waals surface area contributed by atoms with E-state index in [2.05, 4.69) is 0 Å². The van der Waals surface area contributed by atoms with Crippen LogP contribution in [0, 0.1) is 5.92 Å².